The summed E-state index contributed by atoms with van der Waals surface area (Å²) in [6.45, 7) is 0. The summed E-state index contributed by atoms with van der Waals surface area (Å²) in [5.41, 5.74) is -5.72. The summed E-state index contributed by atoms with van der Waals surface area (Å²) in [5, 5.41) is 0. The molecule has 2 heterocycles. The number of alkyl halides is 3. The molecule has 0 aliphatic carbocycles. The van der Waals surface area contributed by atoms with Crippen LogP contribution in [0.5, 0.6) is 5.75 Å². The second kappa shape index (κ2) is 5.09. The number of allylic oxidation sites excluding steroid dienone is 1. The van der Waals surface area contributed by atoms with Gasteiger partial charge in [0.1, 0.15) is 11.3 Å². The first-order valence-corrected chi connectivity index (χ1v) is 7.51. The van der Waals surface area contributed by atoms with Gasteiger partial charge in [0.25, 0.3) is 0 Å². The minimum Gasteiger partial charge on any atom is -0.422 e. The van der Waals surface area contributed by atoms with Crippen molar-refractivity contribution in [1.82, 2.24) is 0 Å². The highest BCUT2D eigenvalue weighted by molar-refractivity contribution is 7.87. The second-order valence-electron chi connectivity index (χ2n) is 4.51. The number of halogens is 3. The molecule has 0 saturated heterocycles. The summed E-state index contributed by atoms with van der Waals surface area (Å²) in [4.78, 5) is 23.4. The van der Waals surface area contributed by atoms with Crippen LogP contribution < -0.4 is 4.74 Å². The number of para-hydroxylation sites is 1. The maximum atomic E-state index is 12.3. The first-order valence-electron chi connectivity index (χ1n) is 6.10. The van der Waals surface area contributed by atoms with E-state index in [4.69, 9.17) is 4.74 Å². The standard InChI is InChI=1S/C13H5F3O7S/c14-13(15,16)24(19,20)23-9-5-8(22-11(9)17)10-6-3-1-2-4-7(6)21-12(10)18/h1-5H/b10-8+. The second-order valence-corrected chi connectivity index (χ2v) is 6.04. The number of hydrogen-bond acceptors (Lipinski definition) is 7. The number of benzene rings is 1. The van der Waals surface area contributed by atoms with Gasteiger partial charge < -0.3 is 13.7 Å². The minimum absolute atomic E-state index is 0.159. The third-order valence-electron chi connectivity index (χ3n) is 2.96. The maximum Gasteiger partial charge on any atom is 0.534 e. The molecule has 2 aliphatic rings. The third-order valence-corrected chi connectivity index (χ3v) is 3.92. The van der Waals surface area contributed by atoms with Crippen LogP contribution >= 0.6 is 0 Å². The number of cyclic esters (lactones) is 1. The summed E-state index contributed by atoms with van der Waals surface area (Å²) < 4.78 is 72.0. The zero-order valence-electron chi connectivity index (χ0n) is 11.3. The SMILES string of the molecule is O=C1O/C(=C2/C(=O)Oc3ccccc32)C=C1OS(=O)(=O)C(F)(F)F. The highest BCUT2D eigenvalue weighted by atomic mass is 32.2. The fraction of sp³-hybridized carbons (Fsp3) is 0.0769. The van der Waals surface area contributed by atoms with Crippen LogP contribution in [0.15, 0.2) is 41.9 Å². The number of carbonyl (C=O) groups excluding carboxylic acids is 2. The van der Waals surface area contributed by atoms with E-state index in [1.54, 1.807) is 12.1 Å². The smallest absolute Gasteiger partial charge is 0.422 e. The molecule has 0 N–H and O–H groups in total. The van der Waals surface area contributed by atoms with E-state index in [2.05, 4.69) is 8.92 Å². The summed E-state index contributed by atoms with van der Waals surface area (Å²) in [7, 11) is -6.04. The van der Waals surface area contributed by atoms with E-state index in [0.29, 0.717) is 6.08 Å². The summed E-state index contributed by atoms with van der Waals surface area (Å²) in [5.74, 6) is -3.92. The van der Waals surface area contributed by atoms with Crippen LogP contribution in [-0.4, -0.2) is 25.9 Å². The quantitative estimate of drug-likeness (QED) is 0.259. The molecule has 7 nitrogen and oxygen atoms in total. The lowest BCUT2D eigenvalue weighted by Gasteiger charge is -2.07. The summed E-state index contributed by atoms with van der Waals surface area (Å²) in [6.07, 6.45) is 0.588. The molecule has 0 saturated carbocycles. The number of esters is 2. The Morgan fingerprint density at radius 2 is 1.67 bits per heavy atom. The van der Waals surface area contributed by atoms with Gasteiger partial charge >= 0.3 is 27.6 Å². The van der Waals surface area contributed by atoms with Gasteiger partial charge in [-0.2, -0.15) is 21.6 Å². The summed E-state index contributed by atoms with van der Waals surface area (Å²) >= 11 is 0. The molecule has 0 radical (unpaired) electrons. The molecule has 126 valence electrons. The molecule has 0 atom stereocenters. The van der Waals surface area contributed by atoms with Crippen LogP contribution in [0.2, 0.25) is 0 Å². The van der Waals surface area contributed by atoms with E-state index in [1.165, 1.54) is 12.1 Å². The van der Waals surface area contributed by atoms with Crippen molar-refractivity contribution in [2.75, 3.05) is 0 Å². The van der Waals surface area contributed by atoms with Gasteiger partial charge in [-0.25, -0.2) is 9.59 Å². The van der Waals surface area contributed by atoms with Crippen LogP contribution in [0.4, 0.5) is 13.2 Å². The first kappa shape index (κ1) is 16.1. The van der Waals surface area contributed by atoms with Crippen molar-refractivity contribution in [1.29, 1.82) is 0 Å². The number of hydrogen-bond donors (Lipinski definition) is 0. The summed E-state index contributed by atoms with van der Waals surface area (Å²) in [6, 6.07) is 6.02. The lowest BCUT2D eigenvalue weighted by Crippen LogP contribution is -2.26. The highest BCUT2D eigenvalue weighted by Crippen LogP contribution is 2.39. The van der Waals surface area contributed by atoms with Crippen molar-refractivity contribution in [3.8, 4) is 5.75 Å². The molecule has 1 aromatic rings. The van der Waals surface area contributed by atoms with Gasteiger partial charge in [0.2, 0.25) is 5.76 Å². The van der Waals surface area contributed by atoms with E-state index in [-0.39, 0.29) is 16.9 Å². The Morgan fingerprint density at radius 1 is 1.00 bits per heavy atom. The molecule has 24 heavy (non-hydrogen) atoms. The van der Waals surface area contributed by atoms with E-state index < -0.39 is 39.1 Å². The molecule has 0 spiro atoms. The van der Waals surface area contributed by atoms with Gasteiger partial charge in [-0.1, -0.05) is 18.2 Å². The van der Waals surface area contributed by atoms with Gasteiger partial charge in [-0.15, -0.1) is 0 Å². The minimum atomic E-state index is -6.04. The van der Waals surface area contributed by atoms with Gasteiger partial charge in [0, 0.05) is 11.6 Å². The monoisotopic (exact) mass is 362 g/mol. The molecule has 0 amide bonds. The Balaban J connectivity index is 2.03. The Morgan fingerprint density at radius 3 is 2.33 bits per heavy atom. The van der Waals surface area contributed by atoms with Gasteiger partial charge in [0.15, 0.2) is 5.76 Å². The zero-order chi connectivity index (χ0) is 17.7. The molecule has 11 heteroatoms. The molecule has 3 rings (SSSR count). The molecule has 0 unspecified atom stereocenters. The van der Waals surface area contributed by atoms with E-state index in [9.17, 15) is 31.2 Å². The topological polar surface area (TPSA) is 96.0 Å². The van der Waals surface area contributed by atoms with Crippen molar-refractivity contribution < 1.29 is 44.8 Å². The first-order chi connectivity index (χ1) is 11.1. The van der Waals surface area contributed by atoms with Crippen LogP contribution in [0.1, 0.15) is 5.56 Å². The van der Waals surface area contributed by atoms with Crippen LogP contribution in [0.25, 0.3) is 5.57 Å². The predicted molar refractivity (Wildman–Crippen MR) is 69.2 cm³/mol. The lowest BCUT2D eigenvalue weighted by molar-refractivity contribution is -0.135. The average molecular weight is 362 g/mol. The largest absolute Gasteiger partial charge is 0.534 e. The van der Waals surface area contributed by atoms with Crippen molar-refractivity contribution in [2.24, 2.45) is 0 Å². The van der Waals surface area contributed by atoms with Crippen molar-refractivity contribution in [3.05, 3.63) is 47.4 Å². The molecule has 0 fully saturated rings. The van der Waals surface area contributed by atoms with Crippen molar-refractivity contribution in [3.63, 3.8) is 0 Å². The van der Waals surface area contributed by atoms with Gasteiger partial charge in [0.05, 0.1) is 0 Å². The van der Waals surface area contributed by atoms with E-state index in [0.717, 1.165) is 0 Å². The fourth-order valence-electron chi connectivity index (χ4n) is 1.96. The third kappa shape index (κ3) is 2.52. The number of rotatable bonds is 2. The van der Waals surface area contributed by atoms with Crippen LogP contribution in [0.3, 0.4) is 0 Å². The average Bonchev–Trinajstić information content (AvgIpc) is 2.96. The van der Waals surface area contributed by atoms with E-state index >= 15 is 0 Å². The normalized spacial score (nSPS) is 20.4. The molecule has 1 aromatic carbocycles. The molecule has 0 bridgehead atoms. The Bertz CT molecular complexity index is 925. The molecule has 0 aromatic heterocycles. The lowest BCUT2D eigenvalue weighted by atomic mass is 10.1. The van der Waals surface area contributed by atoms with Gasteiger partial charge in [-0.3, -0.25) is 0 Å². The van der Waals surface area contributed by atoms with Gasteiger partial charge in [-0.05, 0) is 6.07 Å². The number of ether oxygens (including phenoxy) is 2. The van der Waals surface area contributed by atoms with E-state index in [1.807, 2.05) is 0 Å². The van der Waals surface area contributed by atoms with Crippen LogP contribution in [-0.2, 0) is 28.6 Å². The fourth-order valence-corrected chi connectivity index (χ4v) is 2.41. The Labute approximate surface area is 132 Å². The Kier molecular flexibility index (Phi) is 3.41. The van der Waals surface area contributed by atoms with Crippen molar-refractivity contribution in [2.45, 2.75) is 5.51 Å². The highest BCUT2D eigenvalue weighted by Gasteiger charge is 2.50. The number of fused-ring (bicyclic) bond motifs is 1. The van der Waals surface area contributed by atoms with Crippen molar-refractivity contribution >= 4 is 27.6 Å². The number of carbonyl (C=O) groups is 2. The molecule has 2 aliphatic heterocycles. The zero-order valence-corrected chi connectivity index (χ0v) is 12.1. The Hall–Kier alpha value is -2.82. The predicted octanol–water partition coefficient (Wildman–Crippen LogP) is 1.62. The molecular weight excluding hydrogens is 357 g/mol. The van der Waals surface area contributed by atoms with Crippen LogP contribution in [0, 0.1) is 0 Å². The maximum absolute atomic E-state index is 12.3. The molecular formula is C13H5F3O7S.